The minimum atomic E-state index is -3.83. The Bertz CT molecular complexity index is 660. The van der Waals surface area contributed by atoms with Crippen molar-refractivity contribution in [2.75, 3.05) is 6.61 Å². The number of aryl methyl sites for hydroxylation is 1. The van der Waals surface area contributed by atoms with Crippen LogP contribution in [0.5, 0.6) is 0 Å². The number of nitrogens with zero attached hydrogens (tertiary/aromatic N) is 1. The number of rotatable bonds is 3. The molecule has 6 heteroatoms. The summed E-state index contributed by atoms with van der Waals surface area (Å²) in [5.74, 6) is 0. The molecule has 0 amide bonds. The maximum atomic E-state index is 13.1. The van der Waals surface area contributed by atoms with E-state index in [4.69, 9.17) is 4.74 Å². The first-order chi connectivity index (χ1) is 10.0. The summed E-state index contributed by atoms with van der Waals surface area (Å²) in [6, 6.07) is 6.62. The first-order valence-electron chi connectivity index (χ1n) is 7.21. The SMILES string of the molecule is Cc1ccc(S(=O)(=O)N2[C@H](C(C)(C)C)OC[C@]2(C)C=O)cc1. The third kappa shape index (κ3) is 2.83. The summed E-state index contributed by atoms with van der Waals surface area (Å²) < 4.78 is 33.0. The van der Waals surface area contributed by atoms with E-state index in [1.807, 2.05) is 27.7 Å². The van der Waals surface area contributed by atoms with Gasteiger partial charge in [0, 0.05) is 5.41 Å². The maximum Gasteiger partial charge on any atom is 0.246 e. The highest BCUT2D eigenvalue weighted by Crippen LogP contribution is 2.40. The summed E-state index contributed by atoms with van der Waals surface area (Å²) in [4.78, 5) is 11.7. The molecule has 0 N–H and O–H groups in total. The monoisotopic (exact) mass is 325 g/mol. The lowest BCUT2D eigenvalue weighted by atomic mass is 9.93. The van der Waals surface area contributed by atoms with Crippen LogP contribution in [0.15, 0.2) is 29.2 Å². The van der Waals surface area contributed by atoms with E-state index in [2.05, 4.69) is 0 Å². The van der Waals surface area contributed by atoms with Crippen molar-refractivity contribution < 1.29 is 17.9 Å². The summed E-state index contributed by atoms with van der Waals surface area (Å²) in [5.41, 5.74) is -0.664. The van der Waals surface area contributed by atoms with Crippen molar-refractivity contribution >= 4 is 16.3 Å². The molecule has 22 heavy (non-hydrogen) atoms. The molecule has 0 saturated carbocycles. The zero-order valence-corrected chi connectivity index (χ0v) is 14.5. The molecule has 1 saturated heterocycles. The quantitative estimate of drug-likeness (QED) is 0.800. The van der Waals surface area contributed by atoms with Crippen molar-refractivity contribution in [1.82, 2.24) is 4.31 Å². The van der Waals surface area contributed by atoms with Gasteiger partial charge in [-0.05, 0) is 26.0 Å². The predicted molar refractivity (Wildman–Crippen MR) is 83.9 cm³/mol. The molecular formula is C16H23NO4S. The third-order valence-electron chi connectivity index (χ3n) is 3.82. The molecule has 2 rings (SSSR count). The van der Waals surface area contributed by atoms with Crippen LogP contribution in [0.4, 0.5) is 0 Å². The molecule has 1 aliphatic heterocycles. The molecule has 0 aliphatic carbocycles. The highest BCUT2D eigenvalue weighted by Gasteiger charge is 2.54. The average Bonchev–Trinajstić information content (AvgIpc) is 2.78. The topological polar surface area (TPSA) is 63.7 Å². The van der Waals surface area contributed by atoms with Crippen LogP contribution in [0.1, 0.15) is 33.3 Å². The molecule has 5 nitrogen and oxygen atoms in total. The van der Waals surface area contributed by atoms with Gasteiger partial charge in [0.2, 0.25) is 10.0 Å². The van der Waals surface area contributed by atoms with Crippen molar-refractivity contribution in [1.29, 1.82) is 0 Å². The second kappa shape index (κ2) is 5.44. The van der Waals surface area contributed by atoms with Crippen molar-refractivity contribution in [3.63, 3.8) is 0 Å². The summed E-state index contributed by atoms with van der Waals surface area (Å²) in [5, 5.41) is 0. The molecule has 1 aliphatic rings. The highest BCUT2D eigenvalue weighted by molar-refractivity contribution is 7.89. The van der Waals surface area contributed by atoms with Crippen LogP contribution in [0.2, 0.25) is 0 Å². The van der Waals surface area contributed by atoms with Crippen molar-refractivity contribution in [2.24, 2.45) is 5.41 Å². The Kier molecular flexibility index (Phi) is 4.23. The Balaban J connectivity index is 2.57. The van der Waals surface area contributed by atoms with E-state index >= 15 is 0 Å². The normalized spacial score (nSPS) is 27.0. The molecule has 1 aromatic rings. The summed E-state index contributed by atoms with van der Waals surface area (Å²) in [6.45, 7) is 9.23. The lowest BCUT2D eigenvalue weighted by Crippen LogP contribution is -2.54. The third-order valence-corrected chi connectivity index (χ3v) is 5.82. The van der Waals surface area contributed by atoms with E-state index in [9.17, 15) is 13.2 Å². The van der Waals surface area contributed by atoms with Gasteiger partial charge < -0.3 is 9.53 Å². The number of benzene rings is 1. The van der Waals surface area contributed by atoms with Crippen LogP contribution in [-0.4, -0.2) is 37.4 Å². The zero-order chi connectivity index (χ0) is 16.8. The minimum Gasteiger partial charge on any atom is -0.359 e. The number of hydrogen-bond donors (Lipinski definition) is 0. The smallest absolute Gasteiger partial charge is 0.246 e. The van der Waals surface area contributed by atoms with E-state index in [1.165, 1.54) is 4.31 Å². The fourth-order valence-corrected chi connectivity index (χ4v) is 4.54. The van der Waals surface area contributed by atoms with Gasteiger partial charge in [0.25, 0.3) is 0 Å². The number of carbonyl (C=O) groups excluding carboxylic acids is 1. The Morgan fingerprint density at radius 1 is 1.27 bits per heavy atom. The average molecular weight is 325 g/mol. The van der Waals surface area contributed by atoms with E-state index in [0.717, 1.165) is 5.56 Å². The van der Waals surface area contributed by atoms with Gasteiger partial charge in [0.1, 0.15) is 18.1 Å². The number of carbonyl (C=O) groups is 1. The van der Waals surface area contributed by atoms with Gasteiger partial charge in [0.05, 0.1) is 11.5 Å². The van der Waals surface area contributed by atoms with Crippen LogP contribution < -0.4 is 0 Å². The van der Waals surface area contributed by atoms with E-state index in [-0.39, 0.29) is 11.5 Å². The van der Waals surface area contributed by atoms with Gasteiger partial charge in [-0.25, -0.2) is 8.42 Å². The molecule has 2 atom stereocenters. The second-order valence-corrected chi connectivity index (χ2v) is 8.93. The largest absolute Gasteiger partial charge is 0.359 e. The number of ether oxygens (including phenoxy) is 1. The Hall–Kier alpha value is -1.24. The van der Waals surface area contributed by atoms with Crippen molar-refractivity contribution in [3.05, 3.63) is 29.8 Å². The van der Waals surface area contributed by atoms with Crippen LogP contribution in [0, 0.1) is 12.3 Å². The molecule has 0 radical (unpaired) electrons. The van der Waals surface area contributed by atoms with Crippen molar-refractivity contribution in [2.45, 2.75) is 51.3 Å². The van der Waals surface area contributed by atoms with Crippen LogP contribution >= 0.6 is 0 Å². The van der Waals surface area contributed by atoms with Gasteiger partial charge in [0.15, 0.2) is 0 Å². The molecule has 1 heterocycles. The molecular weight excluding hydrogens is 302 g/mol. The molecule has 0 aromatic heterocycles. The number of aldehydes is 1. The van der Waals surface area contributed by atoms with Crippen molar-refractivity contribution in [3.8, 4) is 0 Å². The highest BCUT2D eigenvalue weighted by atomic mass is 32.2. The Morgan fingerprint density at radius 2 is 1.82 bits per heavy atom. The first kappa shape index (κ1) is 17.1. The molecule has 1 fully saturated rings. The van der Waals surface area contributed by atoms with Gasteiger partial charge in [-0.1, -0.05) is 38.5 Å². The van der Waals surface area contributed by atoms with Gasteiger partial charge in [-0.3, -0.25) is 0 Å². The molecule has 1 aromatic carbocycles. The van der Waals surface area contributed by atoms with Gasteiger partial charge in [-0.15, -0.1) is 0 Å². The van der Waals surface area contributed by atoms with Crippen LogP contribution in [0.25, 0.3) is 0 Å². The maximum absolute atomic E-state index is 13.1. The summed E-state index contributed by atoms with van der Waals surface area (Å²) in [7, 11) is -3.83. The molecule has 0 spiro atoms. The molecule has 0 bridgehead atoms. The number of hydrogen-bond acceptors (Lipinski definition) is 4. The Morgan fingerprint density at radius 3 is 2.27 bits per heavy atom. The van der Waals surface area contributed by atoms with Gasteiger partial charge in [-0.2, -0.15) is 4.31 Å². The minimum absolute atomic E-state index is 0.0591. The van der Waals surface area contributed by atoms with E-state index in [0.29, 0.717) is 6.29 Å². The standard InChI is InChI=1S/C16H23NO4S/c1-12-6-8-13(9-7-12)22(19,20)17-14(15(2,3)4)21-11-16(17,5)10-18/h6-10,14H,11H2,1-5H3/t14-,16-/m0/s1. The Labute approximate surface area is 132 Å². The lowest BCUT2D eigenvalue weighted by molar-refractivity contribution is -0.114. The predicted octanol–water partition coefficient (Wildman–Crippen LogP) is 2.35. The van der Waals surface area contributed by atoms with E-state index in [1.54, 1.807) is 31.2 Å². The fourth-order valence-electron chi connectivity index (χ4n) is 2.56. The zero-order valence-electron chi connectivity index (χ0n) is 13.7. The summed E-state index contributed by atoms with van der Waals surface area (Å²) >= 11 is 0. The molecule has 0 unspecified atom stereocenters. The summed E-state index contributed by atoms with van der Waals surface area (Å²) in [6.07, 6.45) is -0.0289. The lowest BCUT2D eigenvalue weighted by Gasteiger charge is -2.37. The number of sulfonamides is 1. The first-order valence-corrected chi connectivity index (χ1v) is 8.65. The van der Waals surface area contributed by atoms with Crippen LogP contribution in [0.3, 0.4) is 0 Å². The second-order valence-electron chi connectivity index (χ2n) is 7.12. The fraction of sp³-hybridized carbons (Fsp3) is 0.562. The molecule has 122 valence electrons. The van der Waals surface area contributed by atoms with Gasteiger partial charge >= 0.3 is 0 Å². The van der Waals surface area contributed by atoms with E-state index < -0.39 is 27.2 Å². The van der Waals surface area contributed by atoms with Crippen LogP contribution in [-0.2, 0) is 19.6 Å².